The van der Waals surface area contributed by atoms with Crippen molar-refractivity contribution in [1.82, 2.24) is 4.57 Å². The third-order valence-electron chi connectivity index (χ3n) is 1.72. The highest BCUT2D eigenvalue weighted by Crippen LogP contribution is 2.21. The lowest BCUT2D eigenvalue weighted by Gasteiger charge is -2.14. The van der Waals surface area contributed by atoms with Gasteiger partial charge in [-0.05, 0) is 26.0 Å². The Bertz CT molecular complexity index is 237. The lowest BCUT2D eigenvalue weighted by atomic mass is 10.4. The van der Waals surface area contributed by atoms with Gasteiger partial charge in [0.25, 0.3) is 0 Å². The monoisotopic (exact) mass is 153 g/mol. The maximum absolute atomic E-state index is 5.74. The van der Waals surface area contributed by atoms with Gasteiger partial charge in [0.05, 0.1) is 0 Å². The second-order valence-electron chi connectivity index (χ2n) is 2.86. The topological polar surface area (TPSA) is 43.0 Å². The lowest BCUT2D eigenvalue weighted by molar-refractivity contribution is 0.618. The third kappa shape index (κ3) is 1.31. The molecule has 0 saturated carbocycles. The van der Waals surface area contributed by atoms with Crippen LogP contribution in [0.1, 0.15) is 19.9 Å². The Kier molecular flexibility index (Phi) is 2.08. The summed E-state index contributed by atoms with van der Waals surface area (Å²) in [6.45, 7) is 4.22. The minimum atomic E-state index is 0.410. The molecule has 0 bridgehead atoms. The first-order valence-corrected chi connectivity index (χ1v) is 3.81. The van der Waals surface area contributed by atoms with Crippen molar-refractivity contribution in [2.45, 2.75) is 19.9 Å². The van der Waals surface area contributed by atoms with Crippen LogP contribution in [0.2, 0.25) is 0 Å². The fourth-order valence-corrected chi connectivity index (χ4v) is 1.24. The molecule has 0 fully saturated rings. The summed E-state index contributed by atoms with van der Waals surface area (Å²) < 4.78 is 2.06. The van der Waals surface area contributed by atoms with Crippen molar-refractivity contribution in [1.29, 1.82) is 0 Å². The third-order valence-corrected chi connectivity index (χ3v) is 1.72. The van der Waals surface area contributed by atoms with E-state index in [1.807, 2.05) is 19.2 Å². The molecule has 0 amide bonds. The first-order valence-electron chi connectivity index (χ1n) is 3.81. The molecule has 1 aromatic heterocycles. The number of hydrogen-bond acceptors (Lipinski definition) is 2. The minimum absolute atomic E-state index is 0.410. The first kappa shape index (κ1) is 7.98. The van der Waals surface area contributed by atoms with Gasteiger partial charge in [-0.2, -0.15) is 0 Å². The maximum Gasteiger partial charge on any atom is 0.107 e. The summed E-state index contributed by atoms with van der Waals surface area (Å²) in [4.78, 5) is 0. The van der Waals surface area contributed by atoms with Crippen molar-refractivity contribution in [3.8, 4) is 0 Å². The second kappa shape index (κ2) is 2.86. The van der Waals surface area contributed by atoms with E-state index in [1.165, 1.54) is 0 Å². The molecule has 1 heterocycles. The van der Waals surface area contributed by atoms with E-state index in [-0.39, 0.29) is 0 Å². The molecule has 62 valence electrons. The lowest BCUT2D eigenvalue weighted by Crippen LogP contribution is -2.08. The van der Waals surface area contributed by atoms with Crippen molar-refractivity contribution >= 4 is 11.6 Å². The largest absolute Gasteiger partial charge is 0.385 e. The number of nitrogens with two attached hydrogens (primary N) is 1. The summed E-state index contributed by atoms with van der Waals surface area (Å²) in [5, 5.41) is 3.08. The van der Waals surface area contributed by atoms with Crippen molar-refractivity contribution in [2.75, 3.05) is 18.1 Å². The minimum Gasteiger partial charge on any atom is -0.385 e. The molecule has 0 radical (unpaired) electrons. The van der Waals surface area contributed by atoms with Gasteiger partial charge < -0.3 is 15.6 Å². The number of nitrogen functional groups attached to an aromatic ring is 1. The molecule has 3 nitrogen and oxygen atoms in total. The summed E-state index contributed by atoms with van der Waals surface area (Å²) in [5.41, 5.74) is 5.74. The predicted molar refractivity (Wildman–Crippen MR) is 48.8 cm³/mol. The number of nitrogens with zero attached hydrogens (tertiary/aromatic N) is 1. The smallest absolute Gasteiger partial charge is 0.107 e. The molecule has 11 heavy (non-hydrogen) atoms. The zero-order valence-electron chi connectivity index (χ0n) is 7.26. The van der Waals surface area contributed by atoms with Crippen molar-refractivity contribution in [2.24, 2.45) is 0 Å². The highest BCUT2D eigenvalue weighted by atomic mass is 15.2. The average Bonchev–Trinajstić information content (AvgIpc) is 2.30. The van der Waals surface area contributed by atoms with Crippen molar-refractivity contribution < 1.29 is 0 Å². The molecular weight excluding hydrogens is 138 g/mol. The van der Waals surface area contributed by atoms with Crippen molar-refractivity contribution in [3.05, 3.63) is 12.1 Å². The summed E-state index contributed by atoms with van der Waals surface area (Å²) in [7, 11) is 1.90. The van der Waals surface area contributed by atoms with Gasteiger partial charge >= 0.3 is 0 Å². The summed E-state index contributed by atoms with van der Waals surface area (Å²) in [5.74, 6) is 1.88. The first-order chi connectivity index (χ1) is 5.16. The van der Waals surface area contributed by atoms with Gasteiger partial charge in [-0.1, -0.05) is 0 Å². The molecule has 0 aliphatic heterocycles. The highest BCUT2D eigenvalue weighted by Gasteiger charge is 2.05. The van der Waals surface area contributed by atoms with Crippen LogP contribution < -0.4 is 11.1 Å². The molecule has 3 heteroatoms. The van der Waals surface area contributed by atoms with Crippen LogP contribution >= 0.6 is 0 Å². The quantitative estimate of drug-likeness (QED) is 0.679. The molecule has 0 aromatic carbocycles. The maximum atomic E-state index is 5.74. The Morgan fingerprint density at radius 2 is 2.09 bits per heavy atom. The van der Waals surface area contributed by atoms with Gasteiger partial charge in [0, 0.05) is 13.1 Å². The van der Waals surface area contributed by atoms with Crippen LogP contribution in [0.25, 0.3) is 0 Å². The average molecular weight is 153 g/mol. The van der Waals surface area contributed by atoms with Gasteiger partial charge in [-0.25, -0.2) is 0 Å². The molecule has 1 rings (SSSR count). The van der Waals surface area contributed by atoms with E-state index in [0.29, 0.717) is 6.04 Å². The molecule has 0 aliphatic rings. The Morgan fingerprint density at radius 3 is 2.45 bits per heavy atom. The Hall–Kier alpha value is -1.12. The van der Waals surface area contributed by atoms with E-state index in [2.05, 4.69) is 23.7 Å². The number of rotatable bonds is 2. The Labute approximate surface area is 67.2 Å². The van der Waals surface area contributed by atoms with Gasteiger partial charge in [0.15, 0.2) is 0 Å². The van der Waals surface area contributed by atoms with Crippen LogP contribution in [0.4, 0.5) is 11.6 Å². The molecule has 0 aliphatic carbocycles. The fourth-order valence-electron chi connectivity index (χ4n) is 1.24. The summed E-state index contributed by atoms with van der Waals surface area (Å²) in [6.07, 6.45) is 0. The molecular formula is C8H15N3. The van der Waals surface area contributed by atoms with E-state index < -0.39 is 0 Å². The highest BCUT2D eigenvalue weighted by molar-refractivity contribution is 5.48. The number of anilines is 2. The van der Waals surface area contributed by atoms with Crippen LogP contribution in [0.15, 0.2) is 12.1 Å². The van der Waals surface area contributed by atoms with Crippen molar-refractivity contribution in [3.63, 3.8) is 0 Å². The van der Waals surface area contributed by atoms with Gasteiger partial charge in [0.2, 0.25) is 0 Å². The van der Waals surface area contributed by atoms with Crippen LogP contribution in [-0.4, -0.2) is 11.6 Å². The van der Waals surface area contributed by atoms with Crippen LogP contribution in [0, 0.1) is 0 Å². The normalized spacial score (nSPS) is 10.5. The Morgan fingerprint density at radius 1 is 1.45 bits per heavy atom. The van der Waals surface area contributed by atoms with E-state index in [1.54, 1.807) is 0 Å². The van der Waals surface area contributed by atoms with Crippen LogP contribution in [-0.2, 0) is 0 Å². The van der Waals surface area contributed by atoms with Crippen LogP contribution in [0.5, 0.6) is 0 Å². The molecule has 0 atom stereocenters. The molecule has 0 spiro atoms. The van der Waals surface area contributed by atoms with Crippen LogP contribution in [0.3, 0.4) is 0 Å². The number of nitrogens with one attached hydrogen (secondary N) is 1. The Balaban J connectivity index is 3.07. The fraction of sp³-hybridized carbons (Fsp3) is 0.500. The standard InChI is InChI=1S/C8H15N3/c1-6(2)11-7(9)4-5-8(11)10-3/h4-6,10H,9H2,1-3H3. The van der Waals surface area contributed by atoms with E-state index in [0.717, 1.165) is 11.6 Å². The molecule has 3 N–H and O–H groups in total. The van der Waals surface area contributed by atoms with Gasteiger partial charge in [0.1, 0.15) is 11.6 Å². The SMILES string of the molecule is CNc1ccc(N)n1C(C)C. The summed E-state index contributed by atoms with van der Waals surface area (Å²) >= 11 is 0. The van der Waals surface area contributed by atoms with Gasteiger partial charge in [-0.3, -0.25) is 0 Å². The molecule has 0 saturated heterocycles. The number of aromatic nitrogens is 1. The zero-order valence-corrected chi connectivity index (χ0v) is 7.26. The number of hydrogen-bond donors (Lipinski definition) is 2. The second-order valence-corrected chi connectivity index (χ2v) is 2.86. The molecule has 0 unspecified atom stereocenters. The van der Waals surface area contributed by atoms with Gasteiger partial charge in [-0.15, -0.1) is 0 Å². The van der Waals surface area contributed by atoms with E-state index in [4.69, 9.17) is 5.73 Å². The van der Waals surface area contributed by atoms with E-state index in [9.17, 15) is 0 Å². The predicted octanol–water partition coefficient (Wildman–Crippen LogP) is 1.69. The van der Waals surface area contributed by atoms with E-state index >= 15 is 0 Å². The zero-order chi connectivity index (χ0) is 8.43. The molecule has 1 aromatic rings. The summed E-state index contributed by atoms with van der Waals surface area (Å²) in [6, 6.07) is 4.30.